The molecule has 0 aliphatic carbocycles. The lowest BCUT2D eigenvalue weighted by Gasteiger charge is -2.07. The molecule has 4 nitrogen and oxygen atoms in total. The number of benzene rings is 2. The molecule has 0 fully saturated rings. The number of rotatable bonds is 4. The summed E-state index contributed by atoms with van der Waals surface area (Å²) in [5.74, 6) is 0. The summed E-state index contributed by atoms with van der Waals surface area (Å²) in [7, 11) is -2.27. The third kappa shape index (κ3) is 7.23. The molecule has 0 spiro atoms. The summed E-state index contributed by atoms with van der Waals surface area (Å²) in [4.78, 5) is -0.0666. The highest BCUT2D eigenvalue weighted by Crippen LogP contribution is 2.23. The van der Waals surface area contributed by atoms with Gasteiger partial charge in [0.15, 0.2) is 0 Å². The summed E-state index contributed by atoms with van der Waals surface area (Å²) in [6.45, 7) is 7.09. The van der Waals surface area contributed by atoms with E-state index in [1.165, 1.54) is 23.0 Å². The van der Waals surface area contributed by atoms with Gasteiger partial charge in [0.05, 0.1) is 11.5 Å². The van der Waals surface area contributed by atoms with Gasteiger partial charge in [-0.25, -0.2) is 0 Å². The highest BCUT2D eigenvalue weighted by atomic mass is 32.2. The molecule has 0 aromatic heterocycles. The number of hydrogen-bond donors (Lipinski definition) is 1. The summed E-state index contributed by atoms with van der Waals surface area (Å²) in [6.07, 6.45) is 0. The first-order chi connectivity index (χ1) is 10.7. The average molecular weight is 354 g/mol. The zero-order valence-corrected chi connectivity index (χ0v) is 15.6. The van der Waals surface area contributed by atoms with Crippen molar-refractivity contribution in [3.05, 3.63) is 59.7 Å². The second kappa shape index (κ2) is 9.14. The number of ether oxygens (including phenoxy) is 1. The van der Waals surface area contributed by atoms with Crippen molar-refractivity contribution < 1.29 is 17.7 Å². The van der Waals surface area contributed by atoms with Crippen molar-refractivity contribution in [1.29, 1.82) is 0 Å². The maximum absolute atomic E-state index is 10.5. The van der Waals surface area contributed by atoms with Crippen LogP contribution < -0.4 is 5.30 Å². The fourth-order valence-corrected chi connectivity index (χ4v) is 3.09. The molecule has 0 saturated carbocycles. The Hall–Kier alpha value is -1.26. The van der Waals surface area contributed by atoms with E-state index in [4.69, 9.17) is 9.29 Å². The van der Waals surface area contributed by atoms with Crippen LogP contribution >= 0.6 is 7.92 Å². The van der Waals surface area contributed by atoms with Crippen LogP contribution in [0.1, 0.15) is 11.1 Å². The maximum atomic E-state index is 10.5. The molecule has 0 bridgehead atoms. The Morgan fingerprint density at radius 3 is 2.17 bits per heavy atom. The molecule has 2 aromatic rings. The van der Waals surface area contributed by atoms with Crippen LogP contribution in [0.15, 0.2) is 53.4 Å². The van der Waals surface area contributed by atoms with Crippen LogP contribution in [0, 0.1) is 6.92 Å². The number of hydrogen-bond acceptors (Lipinski definition) is 3. The van der Waals surface area contributed by atoms with E-state index in [0.29, 0.717) is 0 Å². The van der Waals surface area contributed by atoms with Gasteiger partial charge in [-0.3, -0.25) is 4.55 Å². The van der Waals surface area contributed by atoms with Crippen molar-refractivity contribution >= 4 is 23.3 Å². The van der Waals surface area contributed by atoms with Crippen LogP contribution in [-0.2, 0) is 21.5 Å². The topological polar surface area (TPSA) is 63.6 Å². The fraction of sp³-hybridized carbons (Fsp3) is 0.294. The Kier molecular flexibility index (Phi) is 7.86. The zero-order valence-electron chi connectivity index (χ0n) is 13.9. The summed E-state index contributed by atoms with van der Waals surface area (Å²) in [6, 6.07) is 14.6. The largest absolute Gasteiger partial charge is 0.380 e. The van der Waals surface area contributed by atoms with E-state index >= 15 is 0 Å². The van der Waals surface area contributed by atoms with E-state index in [0.717, 1.165) is 12.2 Å². The Balaban J connectivity index is 0.000000231. The van der Waals surface area contributed by atoms with Crippen molar-refractivity contribution in [3.8, 4) is 0 Å². The monoisotopic (exact) mass is 354 g/mol. The van der Waals surface area contributed by atoms with Crippen LogP contribution in [0.25, 0.3) is 0 Å². The Morgan fingerprint density at radius 1 is 1.09 bits per heavy atom. The van der Waals surface area contributed by atoms with E-state index in [1.807, 2.05) is 6.92 Å². The molecule has 0 atom stereocenters. The van der Waals surface area contributed by atoms with Gasteiger partial charge in [-0.05, 0) is 49.3 Å². The second-order valence-electron chi connectivity index (χ2n) is 5.29. The molecule has 23 heavy (non-hydrogen) atoms. The van der Waals surface area contributed by atoms with Gasteiger partial charge >= 0.3 is 0 Å². The zero-order chi connectivity index (χ0) is 17.5. The first-order valence-electron chi connectivity index (χ1n) is 7.03. The first kappa shape index (κ1) is 19.8. The van der Waals surface area contributed by atoms with Crippen LogP contribution in [0.3, 0.4) is 0 Å². The highest BCUT2D eigenvalue weighted by molar-refractivity contribution is 7.85. The molecule has 2 aromatic carbocycles. The molecule has 0 amide bonds. The van der Waals surface area contributed by atoms with Crippen molar-refractivity contribution in [2.75, 3.05) is 20.4 Å². The first-order valence-corrected chi connectivity index (χ1v) is 10.7. The van der Waals surface area contributed by atoms with Gasteiger partial charge in [0.25, 0.3) is 10.1 Å². The second-order valence-corrected chi connectivity index (χ2v) is 9.01. The third-order valence-corrected chi connectivity index (χ3v) is 5.24. The van der Waals surface area contributed by atoms with Crippen LogP contribution in [0.2, 0.25) is 0 Å². The van der Waals surface area contributed by atoms with Crippen molar-refractivity contribution in [1.82, 2.24) is 0 Å². The molecule has 0 radical (unpaired) electrons. The summed E-state index contributed by atoms with van der Waals surface area (Å²) in [5.41, 5.74) is 2.23. The van der Waals surface area contributed by atoms with E-state index in [-0.39, 0.29) is 12.8 Å². The van der Waals surface area contributed by atoms with Gasteiger partial charge in [0.2, 0.25) is 0 Å². The molecule has 0 unspecified atom stereocenters. The predicted octanol–water partition coefficient (Wildman–Crippen LogP) is 3.44. The van der Waals surface area contributed by atoms with E-state index in [9.17, 15) is 8.42 Å². The van der Waals surface area contributed by atoms with E-state index in [1.54, 1.807) is 19.2 Å². The minimum Gasteiger partial charge on any atom is -0.380 e. The predicted molar refractivity (Wildman–Crippen MR) is 96.6 cm³/mol. The van der Waals surface area contributed by atoms with Crippen LogP contribution in [0.5, 0.6) is 0 Å². The molecular formula is C17H23O4PS. The quantitative estimate of drug-likeness (QED) is 0.675. The maximum Gasteiger partial charge on any atom is 0.294 e. The SMILES string of the molecule is COCc1cccc(P(C)C)c1.Cc1ccc(S(=O)(=O)O)cc1. The van der Waals surface area contributed by atoms with Gasteiger partial charge in [-0.15, -0.1) is 0 Å². The van der Waals surface area contributed by atoms with E-state index in [2.05, 4.69) is 37.6 Å². The number of aryl methyl sites for hydroxylation is 1. The number of methoxy groups -OCH3 is 1. The minimum atomic E-state index is -4.02. The molecule has 0 aliphatic heterocycles. The Labute approximate surface area is 140 Å². The molecule has 6 heteroatoms. The molecule has 0 aliphatic rings. The molecule has 0 saturated heterocycles. The smallest absolute Gasteiger partial charge is 0.294 e. The lowest BCUT2D eigenvalue weighted by atomic mass is 10.2. The molecule has 1 N–H and O–H groups in total. The Morgan fingerprint density at radius 2 is 1.70 bits per heavy atom. The molecule has 2 rings (SSSR count). The van der Waals surface area contributed by atoms with Gasteiger partial charge in [0.1, 0.15) is 0 Å². The summed E-state index contributed by atoms with van der Waals surface area (Å²) in [5, 5.41) is 1.44. The summed E-state index contributed by atoms with van der Waals surface area (Å²) >= 11 is 0. The molecule has 0 heterocycles. The van der Waals surface area contributed by atoms with Crippen LogP contribution in [-0.4, -0.2) is 33.4 Å². The lowest BCUT2D eigenvalue weighted by Crippen LogP contribution is -2.00. The minimum absolute atomic E-state index is 0.0219. The van der Waals surface area contributed by atoms with Gasteiger partial charge in [-0.1, -0.05) is 43.8 Å². The average Bonchev–Trinajstić information content (AvgIpc) is 2.48. The van der Waals surface area contributed by atoms with Crippen molar-refractivity contribution in [2.45, 2.75) is 18.4 Å². The van der Waals surface area contributed by atoms with Crippen molar-refractivity contribution in [2.24, 2.45) is 0 Å². The highest BCUT2D eigenvalue weighted by Gasteiger charge is 2.06. The third-order valence-electron chi connectivity index (χ3n) is 3.06. The molecular weight excluding hydrogens is 331 g/mol. The molecule has 126 valence electrons. The van der Waals surface area contributed by atoms with Gasteiger partial charge in [0, 0.05) is 7.11 Å². The Bertz CT molecular complexity index is 710. The van der Waals surface area contributed by atoms with E-state index < -0.39 is 10.1 Å². The standard InChI is InChI=1S/C10H15OP.C7H8O3S/c1-11-8-9-5-4-6-10(7-9)12(2)3;1-6-2-4-7(5-3-6)11(8,9)10/h4-7H,8H2,1-3H3;2-5H,1H3,(H,8,9,10). The fourth-order valence-electron chi connectivity index (χ4n) is 1.80. The van der Waals surface area contributed by atoms with Crippen LogP contribution in [0.4, 0.5) is 0 Å². The lowest BCUT2D eigenvalue weighted by molar-refractivity contribution is 0.185. The van der Waals surface area contributed by atoms with Gasteiger partial charge < -0.3 is 4.74 Å². The van der Waals surface area contributed by atoms with Gasteiger partial charge in [-0.2, -0.15) is 8.42 Å². The summed E-state index contributed by atoms with van der Waals surface area (Å²) < 4.78 is 34.6. The normalized spacial score (nSPS) is 11.0. The van der Waals surface area contributed by atoms with Crippen molar-refractivity contribution in [3.63, 3.8) is 0 Å².